The lowest BCUT2D eigenvalue weighted by molar-refractivity contribution is -0.113. The fourth-order valence-corrected chi connectivity index (χ4v) is 3.81. The Morgan fingerprint density at radius 2 is 2.14 bits per heavy atom. The van der Waals surface area contributed by atoms with Gasteiger partial charge in [0.05, 0.1) is 18.1 Å². The molecule has 0 aliphatic rings. The number of furan rings is 1. The number of anilines is 1. The zero-order valence-corrected chi connectivity index (χ0v) is 17.1. The molecule has 0 radical (unpaired) electrons. The van der Waals surface area contributed by atoms with E-state index in [-0.39, 0.29) is 29.4 Å². The van der Waals surface area contributed by atoms with Crippen LogP contribution in [-0.2, 0) is 11.3 Å². The zero-order chi connectivity index (χ0) is 20.1. The van der Waals surface area contributed by atoms with Gasteiger partial charge in [-0.2, -0.15) is 0 Å². The highest BCUT2D eigenvalue weighted by Gasteiger charge is 2.21. The predicted octanol–water partition coefficient (Wildman–Crippen LogP) is 2.27. The average molecular weight is 422 g/mol. The molecule has 0 aliphatic heterocycles. The van der Waals surface area contributed by atoms with Crippen LogP contribution >= 0.6 is 23.1 Å². The molecular weight excluding hydrogens is 402 g/mol. The number of carbonyl (C=O) groups excluding carboxylic acids is 2. The molecule has 3 aromatic heterocycles. The Hall–Kier alpha value is -2.73. The van der Waals surface area contributed by atoms with E-state index in [2.05, 4.69) is 31.0 Å². The minimum absolute atomic E-state index is 0.157. The lowest BCUT2D eigenvalue weighted by Crippen LogP contribution is -2.28. The van der Waals surface area contributed by atoms with Crippen molar-refractivity contribution >= 4 is 40.0 Å². The molecular formula is C16H19N7O3S2. The number of hydrogen-bond acceptors (Lipinski definition) is 9. The van der Waals surface area contributed by atoms with Crippen molar-refractivity contribution < 1.29 is 14.0 Å². The summed E-state index contributed by atoms with van der Waals surface area (Å²) < 4.78 is 6.96. The standard InChI is InChI=1S/C16H19N7O3S2/c1-4-23-13(9(2)17-14(25)11-6-5-7-26-11)20-22-16(23)27-8-12(24)18-15-21-19-10(3)28-15/h5-7,9H,4,8H2,1-3H3,(H,17,25)(H,18,21,24)/t9-/m0/s1. The summed E-state index contributed by atoms with van der Waals surface area (Å²) in [5.41, 5.74) is 0. The van der Waals surface area contributed by atoms with E-state index >= 15 is 0 Å². The van der Waals surface area contributed by atoms with Gasteiger partial charge in [-0.15, -0.1) is 20.4 Å². The number of nitrogens with one attached hydrogen (secondary N) is 2. The molecule has 0 aliphatic carbocycles. The van der Waals surface area contributed by atoms with E-state index in [9.17, 15) is 9.59 Å². The predicted molar refractivity (Wildman–Crippen MR) is 104 cm³/mol. The molecule has 3 rings (SSSR count). The van der Waals surface area contributed by atoms with Gasteiger partial charge in [0.2, 0.25) is 11.0 Å². The first-order chi connectivity index (χ1) is 13.5. The first kappa shape index (κ1) is 20.0. The Labute approximate surface area is 169 Å². The minimum atomic E-state index is -0.377. The molecule has 3 aromatic rings. The Bertz CT molecular complexity index is 952. The first-order valence-corrected chi connectivity index (χ1v) is 10.3. The molecule has 3 heterocycles. The largest absolute Gasteiger partial charge is 0.459 e. The normalized spacial score (nSPS) is 12.0. The van der Waals surface area contributed by atoms with Crippen molar-refractivity contribution in [1.29, 1.82) is 0 Å². The molecule has 12 heteroatoms. The van der Waals surface area contributed by atoms with Crippen molar-refractivity contribution in [3.05, 3.63) is 35.0 Å². The Morgan fingerprint density at radius 1 is 1.32 bits per heavy atom. The lowest BCUT2D eigenvalue weighted by atomic mass is 10.3. The quantitative estimate of drug-likeness (QED) is 0.530. The van der Waals surface area contributed by atoms with Crippen LogP contribution in [-0.4, -0.2) is 42.5 Å². The van der Waals surface area contributed by atoms with Crippen LogP contribution in [0.4, 0.5) is 5.13 Å². The highest BCUT2D eigenvalue weighted by Crippen LogP contribution is 2.21. The summed E-state index contributed by atoms with van der Waals surface area (Å²) in [6.07, 6.45) is 1.44. The third-order valence-electron chi connectivity index (χ3n) is 3.65. The summed E-state index contributed by atoms with van der Waals surface area (Å²) in [6.45, 7) is 6.18. The van der Waals surface area contributed by atoms with Gasteiger partial charge in [-0.05, 0) is 32.9 Å². The van der Waals surface area contributed by atoms with Crippen LogP contribution in [0.2, 0.25) is 0 Å². The van der Waals surface area contributed by atoms with E-state index in [1.165, 1.54) is 29.4 Å². The monoisotopic (exact) mass is 421 g/mol. The molecule has 2 N–H and O–H groups in total. The van der Waals surface area contributed by atoms with Gasteiger partial charge in [0.25, 0.3) is 5.91 Å². The summed E-state index contributed by atoms with van der Waals surface area (Å²) in [5, 5.41) is 23.4. The van der Waals surface area contributed by atoms with Crippen LogP contribution in [0.15, 0.2) is 28.0 Å². The van der Waals surface area contributed by atoms with Gasteiger partial charge < -0.3 is 14.3 Å². The number of thioether (sulfide) groups is 1. The summed E-state index contributed by atoms with van der Waals surface area (Å²) in [7, 11) is 0. The Balaban J connectivity index is 1.61. The third-order valence-corrected chi connectivity index (χ3v) is 5.37. The van der Waals surface area contributed by atoms with E-state index in [1.54, 1.807) is 12.1 Å². The second kappa shape index (κ2) is 8.97. The lowest BCUT2D eigenvalue weighted by Gasteiger charge is -2.14. The van der Waals surface area contributed by atoms with Crippen LogP contribution in [0.25, 0.3) is 0 Å². The number of rotatable bonds is 8. The molecule has 0 saturated heterocycles. The van der Waals surface area contributed by atoms with Crippen molar-refractivity contribution in [1.82, 2.24) is 30.3 Å². The Kier molecular flexibility index (Phi) is 6.41. The molecule has 10 nitrogen and oxygen atoms in total. The Morgan fingerprint density at radius 3 is 2.79 bits per heavy atom. The number of hydrogen-bond donors (Lipinski definition) is 2. The summed E-state index contributed by atoms with van der Waals surface area (Å²) in [5.74, 6) is 0.457. The number of aryl methyl sites for hydroxylation is 1. The molecule has 148 valence electrons. The van der Waals surface area contributed by atoms with Gasteiger partial charge in [0, 0.05) is 6.54 Å². The summed E-state index contributed by atoms with van der Waals surface area (Å²) in [6, 6.07) is 2.86. The second-order valence-corrected chi connectivity index (χ2v) is 7.84. The first-order valence-electron chi connectivity index (χ1n) is 8.48. The van der Waals surface area contributed by atoms with Crippen molar-refractivity contribution in [2.24, 2.45) is 0 Å². The highest BCUT2D eigenvalue weighted by molar-refractivity contribution is 7.99. The van der Waals surface area contributed by atoms with Gasteiger partial charge >= 0.3 is 0 Å². The van der Waals surface area contributed by atoms with Crippen LogP contribution < -0.4 is 10.6 Å². The molecule has 2 amide bonds. The SMILES string of the molecule is CCn1c(SCC(=O)Nc2nnc(C)s2)nnc1[C@H](C)NC(=O)c1ccco1. The van der Waals surface area contributed by atoms with Crippen LogP contribution in [0.3, 0.4) is 0 Å². The van der Waals surface area contributed by atoms with E-state index in [1.807, 2.05) is 25.3 Å². The van der Waals surface area contributed by atoms with Gasteiger partial charge in [-0.1, -0.05) is 23.1 Å². The van der Waals surface area contributed by atoms with Crippen LogP contribution in [0.1, 0.15) is 41.3 Å². The maximum atomic E-state index is 12.2. The number of nitrogens with zero attached hydrogens (tertiary/aromatic N) is 5. The third kappa shape index (κ3) is 4.75. The van der Waals surface area contributed by atoms with Gasteiger partial charge in [-0.3, -0.25) is 14.9 Å². The smallest absolute Gasteiger partial charge is 0.287 e. The molecule has 0 fully saturated rings. The molecule has 0 saturated carbocycles. The van der Waals surface area contributed by atoms with Crippen molar-refractivity contribution in [2.45, 2.75) is 38.5 Å². The number of carbonyl (C=O) groups is 2. The van der Waals surface area contributed by atoms with E-state index in [4.69, 9.17) is 4.42 Å². The molecule has 1 atom stereocenters. The molecule has 0 spiro atoms. The highest BCUT2D eigenvalue weighted by atomic mass is 32.2. The van der Waals surface area contributed by atoms with Crippen LogP contribution in [0.5, 0.6) is 0 Å². The van der Waals surface area contributed by atoms with Gasteiger partial charge in [-0.25, -0.2) is 0 Å². The van der Waals surface area contributed by atoms with Gasteiger partial charge in [0.15, 0.2) is 16.7 Å². The fraction of sp³-hybridized carbons (Fsp3) is 0.375. The molecule has 0 bridgehead atoms. The molecule has 0 aromatic carbocycles. The zero-order valence-electron chi connectivity index (χ0n) is 15.5. The number of aromatic nitrogens is 5. The van der Waals surface area contributed by atoms with Crippen molar-refractivity contribution in [3.63, 3.8) is 0 Å². The summed E-state index contributed by atoms with van der Waals surface area (Å²) >= 11 is 2.58. The van der Waals surface area contributed by atoms with Crippen LogP contribution in [0, 0.1) is 6.92 Å². The second-order valence-electron chi connectivity index (χ2n) is 5.72. The molecule has 0 unspecified atom stereocenters. The summed E-state index contributed by atoms with van der Waals surface area (Å²) in [4.78, 5) is 24.3. The van der Waals surface area contributed by atoms with Crippen molar-refractivity contribution in [2.75, 3.05) is 11.1 Å². The maximum Gasteiger partial charge on any atom is 0.287 e. The van der Waals surface area contributed by atoms with E-state index in [0.29, 0.717) is 22.7 Å². The number of amides is 2. The van der Waals surface area contributed by atoms with Crippen molar-refractivity contribution in [3.8, 4) is 0 Å². The topological polar surface area (TPSA) is 128 Å². The maximum absolute atomic E-state index is 12.2. The van der Waals surface area contributed by atoms with E-state index in [0.717, 1.165) is 5.01 Å². The molecule has 28 heavy (non-hydrogen) atoms. The average Bonchev–Trinajstić information content (AvgIpc) is 3.40. The fourth-order valence-electron chi connectivity index (χ4n) is 2.40. The van der Waals surface area contributed by atoms with Gasteiger partial charge in [0.1, 0.15) is 5.01 Å². The van der Waals surface area contributed by atoms with E-state index < -0.39 is 0 Å². The minimum Gasteiger partial charge on any atom is -0.459 e.